The maximum atomic E-state index is 12.5. The van der Waals surface area contributed by atoms with E-state index in [0.29, 0.717) is 16.9 Å². The van der Waals surface area contributed by atoms with Gasteiger partial charge < -0.3 is 14.3 Å². The van der Waals surface area contributed by atoms with E-state index >= 15 is 0 Å². The van der Waals surface area contributed by atoms with Gasteiger partial charge in [0.05, 0.1) is 23.3 Å². The van der Waals surface area contributed by atoms with E-state index in [1.165, 1.54) is 24.3 Å². The van der Waals surface area contributed by atoms with E-state index in [4.69, 9.17) is 31.3 Å². The predicted octanol–water partition coefficient (Wildman–Crippen LogP) is 4.33. The first-order valence-electron chi connectivity index (χ1n) is 9.53. The summed E-state index contributed by atoms with van der Waals surface area (Å²) in [6, 6.07) is 9.96. The van der Waals surface area contributed by atoms with E-state index in [1.54, 1.807) is 43.3 Å². The van der Waals surface area contributed by atoms with Crippen molar-refractivity contribution in [3.8, 4) is 11.5 Å². The molecule has 2 heterocycles. The van der Waals surface area contributed by atoms with Crippen LogP contribution in [0.5, 0.6) is 11.5 Å². The van der Waals surface area contributed by atoms with Gasteiger partial charge in [0.2, 0.25) is 0 Å². The van der Waals surface area contributed by atoms with Gasteiger partial charge in [-0.3, -0.25) is 10.2 Å². The van der Waals surface area contributed by atoms with E-state index in [2.05, 4.69) is 4.99 Å². The number of benzene rings is 2. The van der Waals surface area contributed by atoms with Crippen molar-refractivity contribution in [1.29, 1.82) is 5.41 Å². The van der Waals surface area contributed by atoms with Crippen LogP contribution in [0, 0.1) is 12.3 Å². The predicted molar refractivity (Wildman–Crippen MR) is 119 cm³/mol. The molecule has 1 amide bonds. The van der Waals surface area contributed by atoms with Crippen LogP contribution in [0.3, 0.4) is 0 Å². The van der Waals surface area contributed by atoms with Crippen molar-refractivity contribution in [3.05, 3.63) is 75.5 Å². The van der Waals surface area contributed by atoms with Gasteiger partial charge in [0, 0.05) is 6.08 Å². The van der Waals surface area contributed by atoms with Gasteiger partial charge >= 0.3 is 5.97 Å². The average Bonchev–Trinajstić information content (AvgIpc) is 3.13. The van der Waals surface area contributed by atoms with Crippen molar-refractivity contribution >= 4 is 41.2 Å². The summed E-state index contributed by atoms with van der Waals surface area (Å²) in [5.74, 6) is -0.306. The number of amidine groups is 2. The molecule has 9 heteroatoms. The second-order valence-electron chi connectivity index (χ2n) is 7.11. The number of aliphatic imine (C=N–C) groups is 1. The Labute approximate surface area is 188 Å². The Kier molecular flexibility index (Phi) is 5.54. The minimum Gasteiger partial charge on any atom is -0.493 e. The van der Waals surface area contributed by atoms with Crippen molar-refractivity contribution in [3.63, 3.8) is 0 Å². The van der Waals surface area contributed by atoms with Gasteiger partial charge in [-0.15, -0.1) is 5.06 Å². The number of nitrogens with zero attached hydrogens (tertiary/aromatic N) is 2. The zero-order valence-electron chi connectivity index (χ0n) is 17.4. The highest BCUT2D eigenvalue weighted by atomic mass is 35.5. The lowest BCUT2D eigenvalue weighted by Gasteiger charge is -2.23. The lowest BCUT2D eigenvalue weighted by Crippen LogP contribution is -2.38. The van der Waals surface area contributed by atoms with E-state index in [9.17, 15) is 9.59 Å². The number of carbonyl (C=O) groups is 2. The molecule has 0 unspecified atom stereocenters. The number of halogens is 1. The molecule has 0 aliphatic carbocycles. The van der Waals surface area contributed by atoms with Crippen LogP contribution in [0.15, 0.2) is 58.8 Å². The molecule has 162 valence electrons. The zero-order chi connectivity index (χ0) is 23.0. The molecular weight excluding hydrogens is 434 g/mol. The average molecular weight is 452 g/mol. The van der Waals surface area contributed by atoms with Crippen molar-refractivity contribution in [1.82, 2.24) is 5.06 Å². The van der Waals surface area contributed by atoms with Crippen LogP contribution in [0.25, 0.3) is 6.08 Å². The van der Waals surface area contributed by atoms with Crippen molar-refractivity contribution in [2.75, 3.05) is 7.11 Å². The first-order chi connectivity index (χ1) is 15.3. The molecule has 32 heavy (non-hydrogen) atoms. The van der Waals surface area contributed by atoms with Gasteiger partial charge in [0.15, 0.2) is 23.2 Å². The SMILES string of the molecule is COc1cc(/C=C2/C(=N)N3OC(C)=CC3=NC2=O)cc(Cl)c1OC(=O)c1ccc(C)cc1. The fourth-order valence-electron chi connectivity index (χ4n) is 3.13. The van der Waals surface area contributed by atoms with Crippen LogP contribution < -0.4 is 9.47 Å². The molecule has 0 atom stereocenters. The van der Waals surface area contributed by atoms with Crippen LogP contribution >= 0.6 is 11.6 Å². The highest BCUT2D eigenvalue weighted by Gasteiger charge is 2.34. The number of aryl methyl sites for hydroxylation is 1. The molecule has 2 aliphatic heterocycles. The van der Waals surface area contributed by atoms with Gasteiger partial charge in [-0.05, 0) is 49.8 Å². The van der Waals surface area contributed by atoms with E-state index in [1.807, 2.05) is 6.92 Å². The molecule has 0 fully saturated rings. The number of fused-ring (bicyclic) bond motifs is 1. The van der Waals surface area contributed by atoms with Crippen LogP contribution in [0.4, 0.5) is 0 Å². The Hall–Kier alpha value is -3.91. The number of rotatable bonds is 4. The zero-order valence-corrected chi connectivity index (χ0v) is 18.2. The Morgan fingerprint density at radius 1 is 1.22 bits per heavy atom. The maximum Gasteiger partial charge on any atom is 0.343 e. The van der Waals surface area contributed by atoms with Crippen LogP contribution in [-0.4, -0.2) is 35.7 Å². The fourth-order valence-corrected chi connectivity index (χ4v) is 3.39. The number of hydrogen-bond donors (Lipinski definition) is 1. The van der Waals surface area contributed by atoms with Crippen molar-refractivity contribution in [2.24, 2.45) is 4.99 Å². The molecule has 0 aromatic heterocycles. The molecule has 0 bridgehead atoms. The highest BCUT2D eigenvalue weighted by Crippen LogP contribution is 2.38. The number of ether oxygens (including phenoxy) is 2. The van der Waals surface area contributed by atoms with E-state index in [0.717, 1.165) is 5.56 Å². The summed E-state index contributed by atoms with van der Waals surface area (Å²) in [6.07, 6.45) is 3.02. The Balaban J connectivity index is 1.64. The van der Waals surface area contributed by atoms with Gasteiger partial charge in [-0.25, -0.2) is 4.79 Å². The van der Waals surface area contributed by atoms with Gasteiger partial charge in [-0.1, -0.05) is 29.3 Å². The Morgan fingerprint density at radius 3 is 2.62 bits per heavy atom. The smallest absolute Gasteiger partial charge is 0.343 e. The van der Waals surface area contributed by atoms with E-state index in [-0.39, 0.29) is 33.8 Å². The highest BCUT2D eigenvalue weighted by molar-refractivity contribution is 6.34. The number of esters is 1. The third kappa shape index (κ3) is 4.00. The maximum absolute atomic E-state index is 12.5. The largest absolute Gasteiger partial charge is 0.493 e. The summed E-state index contributed by atoms with van der Waals surface area (Å²) in [6.45, 7) is 3.61. The number of methoxy groups -OCH3 is 1. The summed E-state index contributed by atoms with van der Waals surface area (Å²) < 4.78 is 10.8. The minimum absolute atomic E-state index is 0.0133. The minimum atomic E-state index is -0.587. The lowest BCUT2D eigenvalue weighted by atomic mass is 10.1. The molecule has 2 aromatic rings. The molecule has 4 rings (SSSR count). The molecular formula is C23H18ClN3O5. The summed E-state index contributed by atoms with van der Waals surface area (Å²) in [5, 5.41) is 9.57. The van der Waals surface area contributed by atoms with Crippen molar-refractivity contribution < 1.29 is 23.9 Å². The summed E-state index contributed by atoms with van der Waals surface area (Å²) in [5.41, 5.74) is 1.85. The molecule has 1 N–H and O–H groups in total. The fraction of sp³-hybridized carbons (Fsp3) is 0.130. The van der Waals surface area contributed by atoms with Crippen LogP contribution in [0.2, 0.25) is 5.02 Å². The summed E-state index contributed by atoms with van der Waals surface area (Å²) >= 11 is 6.37. The third-order valence-corrected chi connectivity index (χ3v) is 5.01. The first kappa shape index (κ1) is 21.3. The standard InChI is InChI=1S/C23H18ClN3O5/c1-12-4-6-15(7-5-12)23(29)31-20-17(24)10-14(11-18(20)30-3)9-16-21(25)27-19(26-22(16)28)8-13(2)32-27/h4-11,25H,1-3H3/b16-9-,25-21?. The number of carbonyl (C=O) groups excluding carboxylic acids is 2. The molecule has 8 nitrogen and oxygen atoms in total. The quantitative estimate of drug-likeness (QED) is 0.422. The second-order valence-corrected chi connectivity index (χ2v) is 7.52. The van der Waals surface area contributed by atoms with E-state index < -0.39 is 11.9 Å². The van der Waals surface area contributed by atoms with Crippen LogP contribution in [-0.2, 0) is 9.63 Å². The van der Waals surface area contributed by atoms with Crippen LogP contribution in [0.1, 0.15) is 28.4 Å². The summed E-state index contributed by atoms with van der Waals surface area (Å²) in [7, 11) is 1.41. The van der Waals surface area contributed by atoms with Crippen molar-refractivity contribution in [2.45, 2.75) is 13.8 Å². The third-order valence-electron chi connectivity index (χ3n) is 4.73. The molecule has 0 saturated carbocycles. The lowest BCUT2D eigenvalue weighted by molar-refractivity contribution is -0.114. The molecule has 0 saturated heterocycles. The number of nitrogens with one attached hydrogen (secondary N) is 1. The monoisotopic (exact) mass is 451 g/mol. The number of allylic oxidation sites excluding steroid dienone is 1. The molecule has 0 spiro atoms. The normalized spacial score (nSPS) is 16.4. The number of hydroxylamine groups is 2. The van der Waals surface area contributed by atoms with Gasteiger partial charge in [-0.2, -0.15) is 4.99 Å². The second kappa shape index (κ2) is 8.32. The van der Waals surface area contributed by atoms with Gasteiger partial charge in [0.1, 0.15) is 5.76 Å². The first-order valence-corrected chi connectivity index (χ1v) is 9.91. The Bertz CT molecular complexity index is 1250. The van der Waals surface area contributed by atoms with Gasteiger partial charge in [0.25, 0.3) is 5.91 Å². The number of hydrogen-bond acceptors (Lipinski definition) is 6. The molecule has 2 aromatic carbocycles. The molecule has 2 aliphatic rings. The number of amides is 1. The topological polar surface area (TPSA) is 101 Å². The summed E-state index contributed by atoms with van der Waals surface area (Å²) in [4.78, 5) is 34.3. The Morgan fingerprint density at radius 2 is 1.94 bits per heavy atom. The molecule has 0 radical (unpaired) electrons.